The third-order valence-electron chi connectivity index (χ3n) is 4.58. The van der Waals surface area contributed by atoms with Gasteiger partial charge < -0.3 is 4.90 Å². The van der Waals surface area contributed by atoms with Crippen molar-refractivity contribution in [1.82, 2.24) is 14.9 Å². The molecule has 1 atom stereocenters. The van der Waals surface area contributed by atoms with Gasteiger partial charge in [-0.15, -0.1) is 0 Å². The van der Waals surface area contributed by atoms with Crippen molar-refractivity contribution in [1.29, 1.82) is 0 Å². The second kappa shape index (κ2) is 7.32. The van der Waals surface area contributed by atoms with Crippen LogP contribution in [0.1, 0.15) is 40.5 Å². The molecular formula is C18H20ClN3O3S. The van der Waals surface area contributed by atoms with Crippen LogP contribution in [0.25, 0.3) is 0 Å². The molecule has 3 rings (SSSR count). The molecule has 2 aromatic rings. The molecule has 8 heteroatoms. The second-order valence-electron chi connectivity index (χ2n) is 6.54. The lowest BCUT2D eigenvalue weighted by molar-refractivity contribution is 0.0704. The van der Waals surface area contributed by atoms with Gasteiger partial charge >= 0.3 is 0 Å². The zero-order valence-corrected chi connectivity index (χ0v) is 16.2. The van der Waals surface area contributed by atoms with E-state index in [0.29, 0.717) is 30.0 Å². The Hall–Kier alpha value is -1.99. The minimum atomic E-state index is -3.46. The summed E-state index contributed by atoms with van der Waals surface area (Å²) in [5.74, 6) is -0.234. The van der Waals surface area contributed by atoms with E-state index in [0.717, 1.165) is 19.1 Å². The highest BCUT2D eigenvalue weighted by Gasteiger charge is 2.30. The molecule has 6 nitrogen and oxygen atoms in total. The molecule has 1 saturated heterocycles. The van der Waals surface area contributed by atoms with Crippen molar-refractivity contribution in [2.45, 2.75) is 30.6 Å². The van der Waals surface area contributed by atoms with Crippen LogP contribution in [0.4, 0.5) is 0 Å². The lowest BCUT2D eigenvalue weighted by atomic mass is 9.93. The van der Waals surface area contributed by atoms with Crippen molar-refractivity contribution >= 4 is 27.3 Å². The summed E-state index contributed by atoms with van der Waals surface area (Å²) < 4.78 is 24.3. The minimum absolute atomic E-state index is 0.0878. The molecule has 26 heavy (non-hydrogen) atoms. The van der Waals surface area contributed by atoms with Gasteiger partial charge in [-0.25, -0.2) is 8.42 Å². The van der Waals surface area contributed by atoms with Crippen molar-refractivity contribution in [2.24, 2.45) is 0 Å². The number of hydrogen-bond acceptors (Lipinski definition) is 5. The second-order valence-corrected chi connectivity index (χ2v) is 8.96. The summed E-state index contributed by atoms with van der Waals surface area (Å²) in [5, 5.41) is 0.281. The number of aryl methyl sites for hydroxylation is 1. The van der Waals surface area contributed by atoms with E-state index in [1.54, 1.807) is 30.2 Å². The van der Waals surface area contributed by atoms with Gasteiger partial charge in [0.15, 0.2) is 9.84 Å². The van der Waals surface area contributed by atoms with Gasteiger partial charge in [0.2, 0.25) is 0 Å². The number of rotatable bonds is 3. The normalized spacial score (nSPS) is 18.0. The summed E-state index contributed by atoms with van der Waals surface area (Å²) in [6.07, 6.45) is 5.81. The molecule has 1 amide bonds. The third-order valence-corrected chi connectivity index (χ3v) is 5.91. The van der Waals surface area contributed by atoms with Crippen LogP contribution < -0.4 is 0 Å². The van der Waals surface area contributed by atoms with Crippen LogP contribution in [0.15, 0.2) is 35.5 Å². The summed E-state index contributed by atoms with van der Waals surface area (Å²) >= 11 is 5.94. The predicted octanol–water partition coefficient (Wildman–Crippen LogP) is 2.86. The van der Waals surface area contributed by atoms with Gasteiger partial charge in [-0.3, -0.25) is 14.8 Å². The molecule has 0 bridgehead atoms. The third kappa shape index (κ3) is 3.88. The first kappa shape index (κ1) is 18.8. The summed E-state index contributed by atoms with van der Waals surface area (Å²) in [4.78, 5) is 23.2. The number of nitrogens with zero attached hydrogens (tertiary/aromatic N) is 3. The number of carbonyl (C=O) groups is 1. The first-order valence-electron chi connectivity index (χ1n) is 8.34. The Morgan fingerprint density at radius 2 is 2.12 bits per heavy atom. The van der Waals surface area contributed by atoms with Crippen molar-refractivity contribution in [2.75, 3.05) is 19.3 Å². The Morgan fingerprint density at radius 1 is 1.35 bits per heavy atom. The number of carbonyl (C=O) groups excluding carboxylic acids is 1. The van der Waals surface area contributed by atoms with E-state index in [1.165, 1.54) is 12.3 Å². The van der Waals surface area contributed by atoms with Gasteiger partial charge in [0.25, 0.3) is 5.91 Å². The summed E-state index contributed by atoms with van der Waals surface area (Å²) in [5.41, 5.74) is 1.74. The smallest absolute Gasteiger partial charge is 0.255 e. The fourth-order valence-corrected chi connectivity index (χ4v) is 4.46. The molecule has 0 radical (unpaired) electrons. The van der Waals surface area contributed by atoms with Gasteiger partial charge in [-0.1, -0.05) is 11.6 Å². The van der Waals surface area contributed by atoms with Crippen LogP contribution in [-0.2, 0) is 9.84 Å². The monoisotopic (exact) mass is 393 g/mol. The molecule has 3 heterocycles. The van der Waals surface area contributed by atoms with Crippen molar-refractivity contribution in [3.8, 4) is 0 Å². The SMILES string of the molecule is Cc1ncccc1C(=O)N1CCCC(c2ncc(Cl)cc2S(C)(=O)=O)C1. The molecular weight excluding hydrogens is 374 g/mol. The maximum atomic E-state index is 12.9. The topological polar surface area (TPSA) is 80.2 Å². The Morgan fingerprint density at radius 3 is 2.81 bits per heavy atom. The number of hydrogen-bond donors (Lipinski definition) is 0. The molecule has 0 saturated carbocycles. The Bertz CT molecular complexity index is 946. The van der Waals surface area contributed by atoms with Gasteiger partial charge in [0.1, 0.15) is 0 Å². The molecule has 0 spiro atoms. The lowest BCUT2D eigenvalue weighted by Gasteiger charge is -2.33. The average molecular weight is 394 g/mol. The van der Waals surface area contributed by atoms with Crippen molar-refractivity contribution in [3.63, 3.8) is 0 Å². The molecule has 2 aromatic heterocycles. The van der Waals surface area contributed by atoms with Crippen LogP contribution in [-0.4, -0.2) is 48.5 Å². The van der Waals surface area contributed by atoms with Gasteiger partial charge in [-0.2, -0.15) is 0 Å². The molecule has 0 aliphatic carbocycles. The van der Waals surface area contributed by atoms with Gasteiger partial charge in [0, 0.05) is 43.4 Å². The van der Waals surface area contributed by atoms with E-state index in [1.807, 2.05) is 0 Å². The molecule has 0 N–H and O–H groups in total. The number of aromatic nitrogens is 2. The number of sulfone groups is 1. The standard InChI is InChI=1S/C18H20ClN3O3S/c1-12-15(6-3-7-20-12)18(23)22-8-4-5-13(11-22)17-16(26(2,24)25)9-14(19)10-21-17/h3,6-7,9-10,13H,4-5,8,11H2,1-2H3. The quantitative estimate of drug-likeness (QED) is 0.800. The first-order chi connectivity index (χ1) is 12.3. The van der Waals surface area contributed by atoms with Crippen LogP contribution in [0.2, 0.25) is 5.02 Å². The predicted molar refractivity (Wildman–Crippen MR) is 99.2 cm³/mol. The zero-order valence-electron chi connectivity index (χ0n) is 14.6. The fraction of sp³-hybridized carbons (Fsp3) is 0.389. The summed E-state index contributed by atoms with van der Waals surface area (Å²) in [7, 11) is -3.46. The van der Waals surface area contributed by atoms with Crippen LogP contribution in [0, 0.1) is 6.92 Å². The van der Waals surface area contributed by atoms with E-state index in [2.05, 4.69) is 9.97 Å². The van der Waals surface area contributed by atoms with E-state index in [-0.39, 0.29) is 21.7 Å². The Labute approximate surface area is 158 Å². The Balaban J connectivity index is 1.90. The van der Waals surface area contributed by atoms with E-state index in [9.17, 15) is 13.2 Å². The fourth-order valence-electron chi connectivity index (χ4n) is 3.30. The number of pyridine rings is 2. The van der Waals surface area contributed by atoms with Crippen molar-refractivity contribution in [3.05, 3.63) is 52.6 Å². The first-order valence-corrected chi connectivity index (χ1v) is 10.6. The van der Waals surface area contributed by atoms with E-state index in [4.69, 9.17) is 11.6 Å². The van der Waals surface area contributed by atoms with Gasteiger partial charge in [0.05, 0.1) is 21.2 Å². The van der Waals surface area contributed by atoms with E-state index >= 15 is 0 Å². The zero-order chi connectivity index (χ0) is 18.9. The molecule has 1 aliphatic heterocycles. The number of likely N-dealkylation sites (tertiary alicyclic amines) is 1. The number of amides is 1. The van der Waals surface area contributed by atoms with E-state index < -0.39 is 9.84 Å². The maximum Gasteiger partial charge on any atom is 0.255 e. The van der Waals surface area contributed by atoms with Crippen LogP contribution in [0.3, 0.4) is 0 Å². The highest BCUT2D eigenvalue weighted by Crippen LogP contribution is 2.32. The lowest BCUT2D eigenvalue weighted by Crippen LogP contribution is -2.40. The molecule has 1 aliphatic rings. The van der Waals surface area contributed by atoms with Gasteiger partial charge in [-0.05, 0) is 38.0 Å². The average Bonchev–Trinajstić information content (AvgIpc) is 2.61. The Kier molecular flexibility index (Phi) is 5.29. The van der Waals surface area contributed by atoms with Crippen molar-refractivity contribution < 1.29 is 13.2 Å². The summed E-state index contributed by atoms with van der Waals surface area (Å²) in [6.45, 7) is 2.85. The molecule has 1 unspecified atom stereocenters. The highest BCUT2D eigenvalue weighted by atomic mass is 35.5. The molecule has 0 aromatic carbocycles. The molecule has 1 fully saturated rings. The highest BCUT2D eigenvalue weighted by molar-refractivity contribution is 7.90. The minimum Gasteiger partial charge on any atom is -0.338 e. The van der Waals surface area contributed by atoms with Crippen LogP contribution >= 0.6 is 11.6 Å². The largest absolute Gasteiger partial charge is 0.338 e. The number of halogens is 1. The molecule has 138 valence electrons. The number of piperidine rings is 1. The van der Waals surface area contributed by atoms with Crippen LogP contribution in [0.5, 0.6) is 0 Å². The maximum absolute atomic E-state index is 12.9. The summed E-state index contributed by atoms with van der Waals surface area (Å²) in [6, 6.07) is 4.94.